The zero-order chi connectivity index (χ0) is 19.6. The molecule has 140 valence electrons. The van der Waals surface area contributed by atoms with E-state index in [4.69, 9.17) is 0 Å². The van der Waals surface area contributed by atoms with Crippen molar-refractivity contribution in [1.82, 2.24) is 24.9 Å². The molecule has 0 radical (unpaired) electrons. The van der Waals surface area contributed by atoms with Crippen LogP contribution in [-0.4, -0.2) is 25.5 Å². The molecule has 2 heterocycles. The summed E-state index contributed by atoms with van der Waals surface area (Å²) in [5.41, 5.74) is 3.09. The largest absolute Gasteiger partial charge is 0.350 e. The van der Waals surface area contributed by atoms with Crippen LogP contribution in [0.15, 0.2) is 41.2 Å². The van der Waals surface area contributed by atoms with Crippen LogP contribution in [-0.2, 0) is 24.9 Å². The van der Waals surface area contributed by atoms with Gasteiger partial charge in [-0.15, -0.1) is 0 Å². The Kier molecular flexibility index (Phi) is 5.16. The molecule has 1 N–H and O–H groups in total. The summed E-state index contributed by atoms with van der Waals surface area (Å²) < 4.78 is 16.5. The van der Waals surface area contributed by atoms with Crippen LogP contribution in [0.5, 0.6) is 0 Å². The Labute approximate surface area is 155 Å². The first-order valence-electron chi connectivity index (χ1n) is 8.45. The number of aryl methyl sites for hydroxylation is 2. The highest BCUT2D eigenvalue weighted by Gasteiger charge is 2.15. The Morgan fingerprint density at radius 3 is 2.56 bits per heavy atom. The predicted molar refractivity (Wildman–Crippen MR) is 98.4 cm³/mol. The van der Waals surface area contributed by atoms with Crippen LogP contribution >= 0.6 is 0 Å². The highest BCUT2D eigenvalue weighted by Crippen LogP contribution is 2.23. The quantitative estimate of drug-likeness (QED) is 0.742. The summed E-state index contributed by atoms with van der Waals surface area (Å²) in [6.07, 6.45) is 0. The monoisotopic (exact) mass is 369 g/mol. The number of halogens is 1. The fraction of sp³-hybridized carbons (Fsp3) is 0.263. The number of aromatic nitrogens is 4. The molecule has 0 unspecified atom stereocenters. The summed E-state index contributed by atoms with van der Waals surface area (Å²) in [5, 5.41) is 11.3. The third-order valence-corrected chi connectivity index (χ3v) is 4.36. The van der Waals surface area contributed by atoms with Gasteiger partial charge in [0, 0.05) is 36.5 Å². The normalized spacial score (nSPS) is 10.8. The summed E-state index contributed by atoms with van der Waals surface area (Å²) >= 11 is 0. The fourth-order valence-corrected chi connectivity index (χ4v) is 2.87. The number of carbonyl (C=O) groups is 1. The lowest BCUT2D eigenvalue weighted by Crippen LogP contribution is -2.33. The Bertz CT molecular complexity index is 1050. The van der Waals surface area contributed by atoms with Crippen molar-refractivity contribution >= 4 is 5.91 Å². The number of amides is 1. The van der Waals surface area contributed by atoms with E-state index in [1.165, 1.54) is 12.1 Å². The van der Waals surface area contributed by atoms with Gasteiger partial charge in [0.1, 0.15) is 12.4 Å². The SMILES string of the molecule is Cc1nn(C)c(C)c1-c1ccc(=O)n(CC(=O)NCc2ccccc2F)n1. The van der Waals surface area contributed by atoms with E-state index in [9.17, 15) is 14.0 Å². The maximum Gasteiger partial charge on any atom is 0.267 e. The minimum absolute atomic E-state index is 0.0424. The van der Waals surface area contributed by atoms with Gasteiger partial charge in [-0.25, -0.2) is 9.07 Å². The number of nitrogens with zero attached hydrogens (tertiary/aromatic N) is 4. The number of carbonyl (C=O) groups excluding carboxylic acids is 1. The first-order chi connectivity index (χ1) is 12.9. The minimum atomic E-state index is -0.426. The van der Waals surface area contributed by atoms with Gasteiger partial charge in [0.15, 0.2) is 0 Å². The Morgan fingerprint density at radius 2 is 1.89 bits per heavy atom. The van der Waals surface area contributed by atoms with Crippen LogP contribution < -0.4 is 10.9 Å². The van der Waals surface area contributed by atoms with Crippen LogP contribution in [0.25, 0.3) is 11.3 Å². The summed E-state index contributed by atoms with van der Waals surface area (Å²) in [4.78, 5) is 24.3. The average molecular weight is 369 g/mol. The van der Waals surface area contributed by atoms with E-state index < -0.39 is 11.7 Å². The highest BCUT2D eigenvalue weighted by atomic mass is 19.1. The van der Waals surface area contributed by atoms with Gasteiger partial charge in [0.25, 0.3) is 5.56 Å². The Morgan fingerprint density at radius 1 is 1.15 bits per heavy atom. The third kappa shape index (κ3) is 3.94. The van der Waals surface area contributed by atoms with Crippen molar-refractivity contribution in [2.75, 3.05) is 0 Å². The standard InChI is InChI=1S/C19H20FN5O2/c1-12-19(13(2)24(3)22-12)16-8-9-18(27)25(23-16)11-17(26)21-10-14-6-4-5-7-15(14)20/h4-9H,10-11H2,1-3H3,(H,21,26). The summed E-state index contributed by atoms with van der Waals surface area (Å²) in [6, 6.07) is 9.19. The molecule has 0 atom stereocenters. The molecule has 0 saturated heterocycles. The lowest BCUT2D eigenvalue weighted by Gasteiger charge is -2.09. The molecule has 3 rings (SSSR count). The zero-order valence-electron chi connectivity index (χ0n) is 15.4. The molecule has 1 aromatic carbocycles. The van der Waals surface area contributed by atoms with Gasteiger partial charge in [0.2, 0.25) is 5.91 Å². The van der Waals surface area contributed by atoms with E-state index in [0.717, 1.165) is 21.6 Å². The summed E-state index contributed by atoms with van der Waals surface area (Å²) in [5.74, 6) is -0.817. The van der Waals surface area contributed by atoms with Crippen LogP contribution in [0, 0.1) is 19.7 Å². The second-order valence-corrected chi connectivity index (χ2v) is 6.25. The highest BCUT2D eigenvalue weighted by molar-refractivity contribution is 5.75. The molecule has 3 aromatic rings. The second kappa shape index (κ2) is 7.53. The zero-order valence-corrected chi connectivity index (χ0v) is 15.4. The van der Waals surface area contributed by atoms with Crippen LogP contribution in [0.3, 0.4) is 0 Å². The molecule has 27 heavy (non-hydrogen) atoms. The molecule has 0 spiro atoms. The molecule has 0 bridgehead atoms. The maximum atomic E-state index is 13.6. The molecule has 8 heteroatoms. The van der Waals surface area contributed by atoms with E-state index in [2.05, 4.69) is 15.5 Å². The van der Waals surface area contributed by atoms with E-state index in [-0.39, 0.29) is 18.6 Å². The molecule has 0 aliphatic heterocycles. The molecule has 0 aliphatic rings. The molecule has 2 aromatic heterocycles. The first-order valence-corrected chi connectivity index (χ1v) is 8.45. The lowest BCUT2D eigenvalue weighted by atomic mass is 10.1. The van der Waals surface area contributed by atoms with Gasteiger partial charge < -0.3 is 5.32 Å². The molecule has 0 aliphatic carbocycles. The van der Waals surface area contributed by atoms with Crippen molar-refractivity contribution in [3.63, 3.8) is 0 Å². The molecular weight excluding hydrogens is 349 g/mol. The smallest absolute Gasteiger partial charge is 0.267 e. The first kappa shape index (κ1) is 18.5. The Balaban J connectivity index is 1.78. The van der Waals surface area contributed by atoms with Crippen molar-refractivity contribution in [1.29, 1.82) is 0 Å². The van der Waals surface area contributed by atoms with E-state index in [0.29, 0.717) is 11.3 Å². The van der Waals surface area contributed by atoms with Gasteiger partial charge in [-0.2, -0.15) is 10.2 Å². The number of hydrogen-bond donors (Lipinski definition) is 1. The number of rotatable bonds is 5. The van der Waals surface area contributed by atoms with Crippen molar-refractivity contribution in [2.45, 2.75) is 26.9 Å². The van der Waals surface area contributed by atoms with Gasteiger partial charge in [-0.3, -0.25) is 14.3 Å². The fourth-order valence-electron chi connectivity index (χ4n) is 2.87. The number of nitrogens with one attached hydrogen (secondary N) is 1. The van der Waals surface area contributed by atoms with Crippen LogP contribution in [0.1, 0.15) is 17.0 Å². The van der Waals surface area contributed by atoms with Gasteiger partial charge in [-0.1, -0.05) is 18.2 Å². The minimum Gasteiger partial charge on any atom is -0.350 e. The van der Waals surface area contributed by atoms with E-state index in [1.807, 2.05) is 20.9 Å². The van der Waals surface area contributed by atoms with Gasteiger partial charge in [-0.05, 0) is 26.0 Å². The van der Waals surface area contributed by atoms with Crippen molar-refractivity contribution in [2.24, 2.45) is 7.05 Å². The van der Waals surface area contributed by atoms with Gasteiger partial charge >= 0.3 is 0 Å². The number of hydrogen-bond acceptors (Lipinski definition) is 4. The van der Waals surface area contributed by atoms with Crippen molar-refractivity contribution < 1.29 is 9.18 Å². The van der Waals surface area contributed by atoms with Crippen LogP contribution in [0.4, 0.5) is 4.39 Å². The van der Waals surface area contributed by atoms with E-state index >= 15 is 0 Å². The van der Waals surface area contributed by atoms with Gasteiger partial charge in [0.05, 0.1) is 11.4 Å². The van der Waals surface area contributed by atoms with Crippen LogP contribution in [0.2, 0.25) is 0 Å². The molecule has 7 nitrogen and oxygen atoms in total. The Hall–Kier alpha value is -3.29. The predicted octanol–water partition coefficient (Wildman–Crippen LogP) is 1.72. The molecule has 1 amide bonds. The maximum absolute atomic E-state index is 13.6. The molecule has 0 saturated carbocycles. The average Bonchev–Trinajstić information content (AvgIpc) is 2.88. The molecular formula is C19H20FN5O2. The summed E-state index contributed by atoms with van der Waals surface area (Å²) in [6.45, 7) is 3.56. The summed E-state index contributed by atoms with van der Waals surface area (Å²) in [7, 11) is 1.83. The lowest BCUT2D eigenvalue weighted by molar-refractivity contribution is -0.122. The molecule has 0 fully saturated rings. The van der Waals surface area contributed by atoms with Crippen molar-refractivity contribution in [3.05, 3.63) is 69.5 Å². The number of benzene rings is 1. The topological polar surface area (TPSA) is 81.8 Å². The third-order valence-electron chi connectivity index (χ3n) is 4.36. The van der Waals surface area contributed by atoms with E-state index in [1.54, 1.807) is 28.9 Å². The second-order valence-electron chi connectivity index (χ2n) is 6.25. The van der Waals surface area contributed by atoms with Crippen molar-refractivity contribution in [3.8, 4) is 11.3 Å².